The van der Waals surface area contributed by atoms with Crippen LogP contribution in [-0.4, -0.2) is 60.8 Å². The molecule has 0 unspecified atom stereocenters. The van der Waals surface area contributed by atoms with E-state index in [1.54, 1.807) is 11.9 Å². The van der Waals surface area contributed by atoms with Gasteiger partial charge in [0.25, 0.3) is 0 Å². The number of ether oxygens (including phenoxy) is 1. The van der Waals surface area contributed by atoms with E-state index >= 15 is 0 Å². The molecule has 1 aliphatic rings. The fourth-order valence-electron chi connectivity index (χ4n) is 2.29. The van der Waals surface area contributed by atoms with Gasteiger partial charge in [0.1, 0.15) is 5.60 Å². The molecule has 18 heavy (non-hydrogen) atoms. The molecular formula is C13H27N3O2. The minimum absolute atomic E-state index is 0.248. The Morgan fingerprint density at radius 2 is 2.17 bits per heavy atom. The highest BCUT2D eigenvalue weighted by molar-refractivity contribution is 5.67. The van der Waals surface area contributed by atoms with E-state index in [4.69, 9.17) is 10.5 Å². The second-order valence-corrected chi connectivity index (χ2v) is 5.98. The Morgan fingerprint density at radius 3 is 2.72 bits per heavy atom. The molecule has 1 atom stereocenters. The summed E-state index contributed by atoms with van der Waals surface area (Å²) >= 11 is 0. The molecule has 1 aliphatic heterocycles. The van der Waals surface area contributed by atoms with Gasteiger partial charge in [-0.1, -0.05) is 0 Å². The normalized spacial score (nSPS) is 21.1. The number of nitrogens with two attached hydrogens (primary N) is 1. The number of amides is 1. The Labute approximate surface area is 110 Å². The van der Waals surface area contributed by atoms with Crippen LogP contribution >= 0.6 is 0 Å². The molecule has 0 aromatic heterocycles. The number of carbonyl (C=O) groups excluding carboxylic acids is 1. The lowest BCUT2D eigenvalue weighted by Gasteiger charge is -2.30. The van der Waals surface area contributed by atoms with Crippen LogP contribution in [0.1, 0.15) is 33.6 Å². The van der Waals surface area contributed by atoms with Gasteiger partial charge in [0.15, 0.2) is 0 Å². The summed E-state index contributed by atoms with van der Waals surface area (Å²) in [5.41, 5.74) is 5.16. The van der Waals surface area contributed by atoms with Gasteiger partial charge in [-0.25, -0.2) is 4.79 Å². The zero-order chi connectivity index (χ0) is 13.8. The molecule has 106 valence electrons. The van der Waals surface area contributed by atoms with Crippen molar-refractivity contribution in [3.63, 3.8) is 0 Å². The largest absolute Gasteiger partial charge is 0.444 e. The molecule has 0 radical (unpaired) electrons. The van der Waals surface area contributed by atoms with Crippen molar-refractivity contribution in [1.82, 2.24) is 9.80 Å². The van der Waals surface area contributed by atoms with Crippen LogP contribution in [0, 0.1) is 0 Å². The molecule has 1 amide bonds. The molecule has 1 rings (SSSR count). The van der Waals surface area contributed by atoms with Crippen LogP contribution in [0.5, 0.6) is 0 Å². The molecular weight excluding hydrogens is 230 g/mol. The van der Waals surface area contributed by atoms with Crippen molar-refractivity contribution in [3.8, 4) is 0 Å². The van der Waals surface area contributed by atoms with Gasteiger partial charge >= 0.3 is 6.09 Å². The second-order valence-electron chi connectivity index (χ2n) is 5.98. The second kappa shape index (κ2) is 6.38. The summed E-state index contributed by atoms with van der Waals surface area (Å²) in [5, 5.41) is 0. The maximum atomic E-state index is 11.9. The lowest BCUT2D eigenvalue weighted by molar-refractivity contribution is 0.0259. The van der Waals surface area contributed by atoms with Crippen molar-refractivity contribution in [3.05, 3.63) is 0 Å². The first-order valence-corrected chi connectivity index (χ1v) is 6.71. The molecule has 0 bridgehead atoms. The van der Waals surface area contributed by atoms with Crippen molar-refractivity contribution in [1.29, 1.82) is 0 Å². The van der Waals surface area contributed by atoms with Crippen molar-refractivity contribution >= 4 is 6.09 Å². The summed E-state index contributed by atoms with van der Waals surface area (Å²) < 4.78 is 5.35. The number of likely N-dealkylation sites (N-methyl/N-ethyl adjacent to an activating group) is 1. The Balaban J connectivity index is 2.43. The molecule has 0 aromatic carbocycles. The molecule has 0 spiro atoms. The van der Waals surface area contributed by atoms with Crippen LogP contribution in [-0.2, 0) is 4.74 Å². The number of hydrogen-bond donors (Lipinski definition) is 1. The molecule has 5 heteroatoms. The maximum Gasteiger partial charge on any atom is 0.410 e. The van der Waals surface area contributed by atoms with E-state index in [9.17, 15) is 4.79 Å². The lowest BCUT2D eigenvalue weighted by atomic mass is 10.2. The van der Waals surface area contributed by atoms with E-state index in [-0.39, 0.29) is 6.09 Å². The van der Waals surface area contributed by atoms with Gasteiger partial charge in [-0.3, -0.25) is 4.90 Å². The first-order valence-electron chi connectivity index (χ1n) is 6.71. The Kier molecular flexibility index (Phi) is 5.41. The quantitative estimate of drug-likeness (QED) is 0.824. The standard InChI is InChI=1S/C13H27N3O2/c1-13(2,3)18-12(17)15(4)10-11-6-5-8-16(11)9-7-14/h11H,5-10,14H2,1-4H3/t11-/m0/s1. The summed E-state index contributed by atoms with van der Waals surface area (Å²) in [4.78, 5) is 15.9. The summed E-state index contributed by atoms with van der Waals surface area (Å²) in [6, 6.07) is 0.422. The average molecular weight is 257 g/mol. The summed E-state index contributed by atoms with van der Waals surface area (Å²) in [5.74, 6) is 0. The van der Waals surface area contributed by atoms with Gasteiger partial charge in [0.05, 0.1) is 0 Å². The van der Waals surface area contributed by atoms with E-state index in [0.717, 1.165) is 26.1 Å². The third-order valence-corrected chi connectivity index (χ3v) is 3.11. The minimum Gasteiger partial charge on any atom is -0.444 e. The zero-order valence-electron chi connectivity index (χ0n) is 12.1. The summed E-state index contributed by atoms with van der Waals surface area (Å²) in [6.45, 7) is 9.04. The van der Waals surface area contributed by atoms with Crippen molar-refractivity contribution in [2.45, 2.75) is 45.3 Å². The van der Waals surface area contributed by atoms with Crippen molar-refractivity contribution in [2.24, 2.45) is 5.73 Å². The van der Waals surface area contributed by atoms with E-state index in [1.807, 2.05) is 20.8 Å². The first-order chi connectivity index (χ1) is 8.33. The first kappa shape index (κ1) is 15.2. The van der Waals surface area contributed by atoms with Crippen LogP contribution in [0.25, 0.3) is 0 Å². The van der Waals surface area contributed by atoms with Crippen molar-refractivity contribution < 1.29 is 9.53 Å². The Hall–Kier alpha value is -0.810. The Morgan fingerprint density at radius 1 is 1.50 bits per heavy atom. The lowest BCUT2D eigenvalue weighted by Crippen LogP contribution is -2.44. The van der Waals surface area contributed by atoms with Gasteiger partial charge in [-0.15, -0.1) is 0 Å². The predicted octanol–water partition coefficient (Wildman–Crippen LogP) is 1.28. The summed E-state index contributed by atoms with van der Waals surface area (Å²) in [6.07, 6.45) is 2.07. The van der Waals surface area contributed by atoms with E-state index in [2.05, 4.69) is 4.90 Å². The van der Waals surface area contributed by atoms with Crippen LogP contribution in [0.15, 0.2) is 0 Å². The number of nitrogens with zero attached hydrogens (tertiary/aromatic N) is 2. The van der Waals surface area contributed by atoms with Crippen LogP contribution < -0.4 is 5.73 Å². The number of hydrogen-bond acceptors (Lipinski definition) is 4. The minimum atomic E-state index is -0.433. The van der Waals surface area contributed by atoms with Gasteiger partial charge in [-0.05, 0) is 40.2 Å². The highest BCUT2D eigenvalue weighted by Gasteiger charge is 2.27. The fourth-order valence-corrected chi connectivity index (χ4v) is 2.29. The predicted molar refractivity (Wildman–Crippen MR) is 72.5 cm³/mol. The summed E-state index contributed by atoms with van der Waals surface area (Å²) in [7, 11) is 1.80. The fraction of sp³-hybridized carbons (Fsp3) is 0.923. The number of likely N-dealkylation sites (tertiary alicyclic amines) is 1. The van der Waals surface area contributed by atoms with Gasteiger partial charge in [0.2, 0.25) is 0 Å². The molecule has 2 N–H and O–H groups in total. The van der Waals surface area contributed by atoms with Crippen LogP contribution in [0.4, 0.5) is 4.79 Å². The van der Waals surface area contributed by atoms with Gasteiger partial charge in [-0.2, -0.15) is 0 Å². The van der Waals surface area contributed by atoms with Gasteiger partial charge in [0, 0.05) is 32.7 Å². The monoisotopic (exact) mass is 257 g/mol. The Bertz CT molecular complexity index is 276. The molecule has 5 nitrogen and oxygen atoms in total. The number of rotatable bonds is 4. The van der Waals surface area contributed by atoms with Crippen molar-refractivity contribution in [2.75, 3.05) is 33.2 Å². The molecule has 1 heterocycles. The SMILES string of the molecule is CN(C[C@@H]1CCCN1CCN)C(=O)OC(C)(C)C. The maximum absolute atomic E-state index is 11.9. The highest BCUT2D eigenvalue weighted by atomic mass is 16.6. The highest BCUT2D eigenvalue weighted by Crippen LogP contribution is 2.18. The average Bonchev–Trinajstić information content (AvgIpc) is 2.64. The molecule has 1 fully saturated rings. The number of carbonyl (C=O) groups is 1. The smallest absolute Gasteiger partial charge is 0.410 e. The molecule has 0 aliphatic carbocycles. The molecule has 1 saturated heterocycles. The molecule has 0 saturated carbocycles. The molecule has 0 aromatic rings. The zero-order valence-corrected chi connectivity index (χ0v) is 12.1. The van der Waals surface area contributed by atoms with E-state index in [1.165, 1.54) is 6.42 Å². The topological polar surface area (TPSA) is 58.8 Å². The van der Waals surface area contributed by atoms with Crippen LogP contribution in [0.2, 0.25) is 0 Å². The van der Waals surface area contributed by atoms with Crippen LogP contribution in [0.3, 0.4) is 0 Å². The third-order valence-electron chi connectivity index (χ3n) is 3.11. The van der Waals surface area contributed by atoms with E-state index < -0.39 is 5.60 Å². The third kappa shape index (κ3) is 4.82. The van der Waals surface area contributed by atoms with E-state index in [0.29, 0.717) is 12.6 Å². The van der Waals surface area contributed by atoms with Gasteiger partial charge < -0.3 is 15.4 Å².